The summed E-state index contributed by atoms with van der Waals surface area (Å²) in [7, 11) is 0. The van der Waals surface area contributed by atoms with Gasteiger partial charge in [0.05, 0.1) is 5.69 Å². The minimum atomic E-state index is 1.14. The van der Waals surface area contributed by atoms with Crippen molar-refractivity contribution in [1.29, 1.82) is 0 Å². The summed E-state index contributed by atoms with van der Waals surface area (Å²) in [6.45, 7) is 0. The van der Waals surface area contributed by atoms with Crippen LogP contribution in [0.15, 0.2) is 182 Å². The minimum absolute atomic E-state index is 1.14. The van der Waals surface area contributed by atoms with Gasteiger partial charge in [0.15, 0.2) is 0 Å². The standard InChI is InChI=1S/C50H31NS3/c1-3-12-33(13-4-1)39(28-32-22-25-46-40(29-32)37-16-7-9-19-44(37)52-46)34-23-26-48-42(30-34)50-43(18-11-21-49(50)54-48)51(35-14-5-2-6-15-35)36-24-27-47-41(31-36)38-17-8-10-20-45(38)53-47/h1-31H/b39-28+. The number of fused-ring (bicyclic) bond motifs is 9. The highest BCUT2D eigenvalue weighted by Gasteiger charge is 2.20. The Kier molecular flexibility index (Phi) is 7.47. The SMILES string of the molecule is C(=C(/c1ccccc1)c1ccc2sc3cccc(N(c4ccccc4)c4ccc5sc6ccccc6c5c4)c3c2c1)/c1ccc2sc3ccccc3c2c1. The third kappa shape index (κ3) is 5.26. The van der Waals surface area contributed by atoms with Crippen molar-refractivity contribution in [2.75, 3.05) is 4.90 Å². The van der Waals surface area contributed by atoms with E-state index in [4.69, 9.17) is 0 Å². The first-order chi connectivity index (χ1) is 26.7. The Balaban J connectivity index is 1.12. The third-order valence-corrected chi connectivity index (χ3v) is 13.9. The predicted molar refractivity (Wildman–Crippen MR) is 240 cm³/mol. The van der Waals surface area contributed by atoms with Crippen LogP contribution in [0.1, 0.15) is 16.7 Å². The van der Waals surface area contributed by atoms with Crippen LogP contribution < -0.4 is 4.90 Å². The first kappa shape index (κ1) is 31.5. The third-order valence-electron chi connectivity index (χ3n) is 10.5. The summed E-state index contributed by atoms with van der Waals surface area (Å²) in [4.78, 5) is 2.45. The van der Waals surface area contributed by atoms with Gasteiger partial charge in [-0.2, -0.15) is 0 Å². The maximum Gasteiger partial charge on any atom is 0.0554 e. The first-order valence-corrected chi connectivity index (χ1v) is 20.6. The topological polar surface area (TPSA) is 3.24 Å². The molecule has 0 aliphatic heterocycles. The molecule has 0 fully saturated rings. The summed E-state index contributed by atoms with van der Waals surface area (Å²) < 4.78 is 7.84. The second-order valence-electron chi connectivity index (χ2n) is 13.7. The van der Waals surface area contributed by atoms with Gasteiger partial charge in [-0.15, -0.1) is 34.0 Å². The number of nitrogens with zero attached hydrogens (tertiary/aromatic N) is 1. The monoisotopic (exact) mass is 741 g/mol. The lowest BCUT2D eigenvalue weighted by molar-refractivity contribution is 1.31. The highest BCUT2D eigenvalue weighted by Crippen LogP contribution is 2.47. The van der Waals surface area contributed by atoms with Crippen molar-refractivity contribution in [3.8, 4) is 0 Å². The van der Waals surface area contributed by atoms with Crippen LogP contribution in [-0.4, -0.2) is 0 Å². The lowest BCUT2D eigenvalue weighted by Crippen LogP contribution is -2.10. The van der Waals surface area contributed by atoms with E-state index >= 15 is 0 Å². The molecule has 254 valence electrons. The minimum Gasteiger partial charge on any atom is -0.310 e. The van der Waals surface area contributed by atoms with Crippen LogP contribution in [0.4, 0.5) is 17.1 Å². The molecule has 0 atom stereocenters. The predicted octanol–water partition coefficient (Wildman–Crippen LogP) is 15.8. The Morgan fingerprint density at radius 3 is 1.70 bits per heavy atom. The maximum absolute atomic E-state index is 2.45. The van der Waals surface area contributed by atoms with Gasteiger partial charge in [0.2, 0.25) is 0 Å². The van der Waals surface area contributed by atoms with Crippen LogP contribution in [0.2, 0.25) is 0 Å². The molecule has 11 rings (SSSR count). The highest BCUT2D eigenvalue weighted by molar-refractivity contribution is 7.26. The molecule has 1 nitrogen and oxygen atoms in total. The number of rotatable bonds is 6. The summed E-state index contributed by atoms with van der Waals surface area (Å²) in [6.07, 6.45) is 2.37. The average molecular weight is 742 g/mol. The lowest BCUT2D eigenvalue weighted by atomic mass is 9.94. The second-order valence-corrected chi connectivity index (χ2v) is 16.9. The van der Waals surface area contributed by atoms with Crippen LogP contribution in [0.3, 0.4) is 0 Å². The van der Waals surface area contributed by atoms with Gasteiger partial charge in [-0.05, 0) is 107 Å². The van der Waals surface area contributed by atoms with Crippen molar-refractivity contribution in [1.82, 2.24) is 0 Å². The zero-order chi connectivity index (χ0) is 35.6. The van der Waals surface area contributed by atoms with Crippen molar-refractivity contribution in [3.05, 3.63) is 199 Å². The number of anilines is 3. The lowest BCUT2D eigenvalue weighted by Gasteiger charge is -2.26. The van der Waals surface area contributed by atoms with Crippen molar-refractivity contribution < 1.29 is 0 Å². The molecule has 0 saturated carbocycles. The molecule has 0 radical (unpaired) electrons. The molecule has 54 heavy (non-hydrogen) atoms. The molecule has 0 saturated heterocycles. The Labute approximate surface area is 324 Å². The van der Waals surface area contributed by atoms with Gasteiger partial charge in [-0.1, -0.05) is 103 Å². The van der Waals surface area contributed by atoms with E-state index in [1.54, 1.807) is 0 Å². The summed E-state index contributed by atoms with van der Waals surface area (Å²) in [5.41, 5.74) is 8.29. The quantitative estimate of drug-likeness (QED) is 0.153. The van der Waals surface area contributed by atoms with Gasteiger partial charge in [0.1, 0.15) is 0 Å². The molecule has 0 N–H and O–H groups in total. The molecule has 8 aromatic carbocycles. The Hall–Kier alpha value is -6.04. The highest BCUT2D eigenvalue weighted by atomic mass is 32.1. The molecule has 3 heterocycles. The molecule has 0 aliphatic carbocycles. The van der Waals surface area contributed by atoms with Crippen molar-refractivity contribution in [2.45, 2.75) is 0 Å². The van der Waals surface area contributed by atoms with Gasteiger partial charge in [-0.3, -0.25) is 0 Å². The van der Waals surface area contributed by atoms with E-state index in [1.807, 2.05) is 34.0 Å². The van der Waals surface area contributed by atoms with Crippen LogP contribution in [0.5, 0.6) is 0 Å². The average Bonchev–Trinajstić information content (AvgIpc) is 3.92. The van der Waals surface area contributed by atoms with Crippen molar-refractivity contribution in [3.63, 3.8) is 0 Å². The van der Waals surface area contributed by atoms with Crippen LogP contribution in [0.25, 0.3) is 72.2 Å². The molecule has 0 bridgehead atoms. The van der Waals surface area contributed by atoms with E-state index in [-0.39, 0.29) is 0 Å². The molecule has 0 aliphatic rings. The fourth-order valence-corrected chi connectivity index (χ4v) is 11.3. The number of thiophene rings is 3. The normalized spacial score (nSPS) is 12.2. The molecule has 4 heteroatoms. The van der Waals surface area contributed by atoms with Gasteiger partial charge < -0.3 is 4.90 Å². The largest absolute Gasteiger partial charge is 0.310 e. The molecule has 11 aromatic rings. The summed E-state index contributed by atoms with van der Waals surface area (Å²) >= 11 is 5.60. The van der Waals surface area contributed by atoms with Crippen molar-refractivity contribution in [2.24, 2.45) is 0 Å². The number of hydrogen-bond acceptors (Lipinski definition) is 4. The second kappa shape index (κ2) is 12.8. The van der Waals surface area contributed by atoms with Crippen LogP contribution >= 0.6 is 34.0 Å². The molecule has 0 amide bonds. The zero-order valence-electron chi connectivity index (χ0n) is 29.1. The first-order valence-electron chi connectivity index (χ1n) is 18.2. The molecule has 3 aromatic heterocycles. The van der Waals surface area contributed by atoms with E-state index in [1.165, 1.54) is 88.5 Å². The van der Waals surface area contributed by atoms with Gasteiger partial charge >= 0.3 is 0 Å². The Morgan fingerprint density at radius 1 is 0.370 bits per heavy atom. The van der Waals surface area contributed by atoms with E-state index < -0.39 is 0 Å². The fourth-order valence-electron chi connectivity index (χ4n) is 7.97. The van der Waals surface area contributed by atoms with Gasteiger partial charge in [-0.25, -0.2) is 0 Å². The zero-order valence-corrected chi connectivity index (χ0v) is 31.5. The smallest absolute Gasteiger partial charge is 0.0554 e. The molecular formula is C50H31NS3. The Morgan fingerprint density at radius 2 is 0.944 bits per heavy atom. The number of para-hydroxylation sites is 1. The molecular weight excluding hydrogens is 711 g/mol. The maximum atomic E-state index is 2.45. The molecule has 0 unspecified atom stereocenters. The summed E-state index contributed by atoms with van der Waals surface area (Å²) in [5, 5.41) is 7.79. The molecule has 0 spiro atoms. The van der Waals surface area contributed by atoms with Crippen LogP contribution in [0, 0.1) is 0 Å². The van der Waals surface area contributed by atoms with Gasteiger partial charge in [0, 0.05) is 71.9 Å². The number of hydrogen-bond donors (Lipinski definition) is 0. The number of benzene rings is 8. The summed E-state index contributed by atoms with van der Waals surface area (Å²) in [5.74, 6) is 0. The van der Waals surface area contributed by atoms with E-state index in [2.05, 4.69) is 193 Å². The van der Waals surface area contributed by atoms with Gasteiger partial charge in [0.25, 0.3) is 0 Å². The fraction of sp³-hybridized carbons (Fsp3) is 0. The van der Waals surface area contributed by atoms with E-state index in [0.717, 1.165) is 11.4 Å². The van der Waals surface area contributed by atoms with E-state index in [9.17, 15) is 0 Å². The Bertz CT molecular complexity index is 3220. The summed E-state index contributed by atoms with van der Waals surface area (Å²) in [6, 6.07) is 66.8. The van der Waals surface area contributed by atoms with Crippen molar-refractivity contribution >= 4 is 123 Å². The van der Waals surface area contributed by atoms with E-state index in [0.29, 0.717) is 0 Å². The van der Waals surface area contributed by atoms with Crippen LogP contribution in [-0.2, 0) is 0 Å².